The summed E-state index contributed by atoms with van der Waals surface area (Å²) in [6, 6.07) is 1.29. The Labute approximate surface area is 280 Å². The lowest BCUT2D eigenvalue weighted by Crippen LogP contribution is -2.10. The number of aliphatic hydroxyl groups excluding tert-OH is 2. The Hall–Kier alpha value is -5.36. The first-order valence-electron chi connectivity index (χ1n) is 16.2. The van der Waals surface area contributed by atoms with E-state index in [1.54, 1.807) is 12.7 Å². The Morgan fingerprint density at radius 3 is 1.41 bits per heavy atom. The quantitative estimate of drug-likeness (QED) is 0.0877. The molecule has 260 valence electrons. The number of anilines is 4. The summed E-state index contributed by atoms with van der Waals surface area (Å²) in [7, 11) is 0. The second-order valence-corrected chi connectivity index (χ2v) is 12.6. The van der Waals surface area contributed by atoms with Gasteiger partial charge in [0.1, 0.15) is 6.42 Å². The molecule has 2 saturated carbocycles. The molecule has 4 aliphatic carbocycles. The van der Waals surface area contributed by atoms with Crippen LogP contribution in [0, 0.1) is 11.8 Å². The van der Waals surface area contributed by atoms with Crippen molar-refractivity contribution in [3.63, 3.8) is 0 Å². The molecule has 4 heterocycles. The summed E-state index contributed by atoms with van der Waals surface area (Å²) in [5.41, 5.74) is 14.7. The molecule has 4 atom stereocenters. The molecule has 4 aromatic heterocycles. The van der Waals surface area contributed by atoms with Gasteiger partial charge in [0.05, 0.1) is 24.7 Å². The lowest BCUT2D eigenvalue weighted by molar-refractivity contribution is -0.147. The lowest BCUT2D eigenvalue weighted by Gasteiger charge is -2.13. The van der Waals surface area contributed by atoms with Crippen molar-refractivity contribution in [3.8, 4) is 0 Å². The van der Waals surface area contributed by atoms with Crippen LogP contribution in [0.1, 0.15) is 57.0 Å². The van der Waals surface area contributed by atoms with Crippen molar-refractivity contribution in [1.82, 2.24) is 39.0 Å². The van der Waals surface area contributed by atoms with Gasteiger partial charge in [-0.15, -0.1) is 0 Å². The second-order valence-electron chi connectivity index (χ2n) is 12.6. The molecule has 0 aliphatic heterocycles. The zero-order valence-corrected chi connectivity index (χ0v) is 26.6. The first-order chi connectivity index (χ1) is 23.6. The Bertz CT molecular complexity index is 1750. The van der Waals surface area contributed by atoms with Crippen molar-refractivity contribution >= 4 is 57.8 Å². The van der Waals surface area contributed by atoms with Crippen molar-refractivity contribution < 1.29 is 30.0 Å². The van der Waals surface area contributed by atoms with Crippen LogP contribution in [-0.2, 0) is 9.59 Å². The Morgan fingerprint density at radius 1 is 0.694 bits per heavy atom. The minimum atomic E-state index is -1.31. The van der Waals surface area contributed by atoms with E-state index in [4.69, 9.17) is 21.7 Å². The molecule has 18 heteroatoms. The lowest BCUT2D eigenvalue weighted by atomic mass is 10.1. The molecule has 0 bridgehead atoms. The number of imidazole rings is 2. The Kier molecular flexibility index (Phi) is 9.86. The molecule has 49 heavy (non-hydrogen) atoms. The summed E-state index contributed by atoms with van der Waals surface area (Å²) in [6.45, 7) is 0.344. The van der Waals surface area contributed by atoms with Crippen molar-refractivity contribution in [1.29, 1.82) is 0 Å². The number of fused-ring (bicyclic) bond motifs is 2. The van der Waals surface area contributed by atoms with Gasteiger partial charge >= 0.3 is 11.9 Å². The maximum atomic E-state index is 9.43. The third-order valence-corrected chi connectivity index (χ3v) is 8.50. The van der Waals surface area contributed by atoms with Gasteiger partial charge in [0.2, 0.25) is 11.9 Å². The molecule has 0 aromatic carbocycles. The molecule has 0 amide bonds. The normalized spacial score (nSPS) is 22.4. The SMILES string of the molecule is Nc1nc(NC2CC2)c2ncn([C@H]3C=C[C@@H](CO)C3)c2n1.Nc1nc(NC2CC2)c2ncn([C@H]3C=C[C@@H](CO)C3)c2n1.O=C(O)CC(=O)O. The van der Waals surface area contributed by atoms with Gasteiger partial charge in [-0.1, -0.05) is 24.3 Å². The number of rotatable bonds is 10. The number of aliphatic carboxylic acids is 2. The van der Waals surface area contributed by atoms with Crippen LogP contribution in [0.25, 0.3) is 22.3 Å². The number of aromatic nitrogens is 8. The van der Waals surface area contributed by atoms with Crippen LogP contribution in [-0.4, -0.2) is 96.7 Å². The molecule has 0 unspecified atom stereocenters. The number of carboxylic acids is 2. The predicted molar refractivity (Wildman–Crippen MR) is 179 cm³/mol. The van der Waals surface area contributed by atoms with Crippen LogP contribution in [0.3, 0.4) is 0 Å². The summed E-state index contributed by atoms with van der Waals surface area (Å²) < 4.78 is 4.02. The minimum Gasteiger partial charge on any atom is -0.481 e. The highest BCUT2D eigenvalue weighted by Crippen LogP contribution is 2.34. The number of nitrogen functional groups attached to an aromatic ring is 2. The number of hydrogen-bond acceptors (Lipinski definition) is 14. The van der Waals surface area contributed by atoms with E-state index in [0.29, 0.717) is 12.1 Å². The fraction of sp³-hybridized carbons (Fsp3) is 0.484. The molecule has 0 spiro atoms. The van der Waals surface area contributed by atoms with Crippen LogP contribution in [0.4, 0.5) is 23.5 Å². The monoisotopic (exact) mass is 676 g/mol. The summed E-state index contributed by atoms with van der Waals surface area (Å²) >= 11 is 0. The highest BCUT2D eigenvalue weighted by molar-refractivity contribution is 5.89. The third kappa shape index (κ3) is 8.21. The molecular weight excluding hydrogens is 636 g/mol. The van der Waals surface area contributed by atoms with Gasteiger partial charge in [-0.3, -0.25) is 9.59 Å². The van der Waals surface area contributed by atoms with E-state index in [1.807, 2.05) is 21.3 Å². The standard InChI is InChI=1S/2C14H18N6O.C3H4O4/c2*15-14-18-12(17-9-2-3-9)11-13(19-14)20(7-16-11)10-4-1-8(5-10)6-21;4-2(5)1-3(6)7/h2*1,4,7-10,21H,2-3,5-6H2,(H3,15,17,18,19);1H2,(H,4,5)(H,6,7)/t2*8-,10+;/m11./s1. The van der Waals surface area contributed by atoms with E-state index in [1.165, 1.54) is 0 Å². The number of hydrogen-bond donors (Lipinski definition) is 8. The topological polar surface area (TPSA) is 278 Å². The number of aliphatic hydroxyl groups is 2. The van der Waals surface area contributed by atoms with E-state index < -0.39 is 18.4 Å². The highest BCUT2D eigenvalue weighted by Gasteiger charge is 2.28. The number of carbonyl (C=O) groups is 2. The van der Waals surface area contributed by atoms with Crippen LogP contribution in [0.15, 0.2) is 37.0 Å². The molecule has 18 nitrogen and oxygen atoms in total. The van der Waals surface area contributed by atoms with Crippen molar-refractivity contribution in [2.75, 3.05) is 35.3 Å². The summed E-state index contributed by atoms with van der Waals surface area (Å²) in [5.74, 6) is -0.258. The first kappa shape index (κ1) is 33.5. The molecule has 10 N–H and O–H groups in total. The fourth-order valence-corrected chi connectivity index (χ4v) is 5.71. The largest absolute Gasteiger partial charge is 0.481 e. The second kappa shape index (κ2) is 14.4. The number of allylic oxidation sites excluding steroid dienone is 2. The minimum absolute atomic E-state index is 0.162. The molecule has 8 rings (SSSR count). The highest BCUT2D eigenvalue weighted by atomic mass is 16.4. The smallest absolute Gasteiger partial charge is 0.314 e. The van der Waals surface area contributed by atoms with E-state index in [2.05, 4.69) is 52.7 Å². The van der Waals surface area contributed by atoms with Gasteiger partial charge in [-0.2, -0.15) is 19.9 Å². The van der Waals surface area contributed by atoms with E-state index >= 15 is 0 Å². The molecule has 2 fully saturated rings. The number of nitrogens with zero attached hydrogens (tertiary/aromatic N) is 8. The van der Waals surface area contributed by atoms with Gasteiger partial charge in [-0.05, 0) is 38.5 Å². The average Bonchev–Trinajstić information content (AvgIpc) is 3.77. The van der Waals surface area contributed by atoms with E-state index in [0.717, 1.165) is 72.5 Å². The van der Waals surface area contributed by atoms with Crippen molar-refractivity contribution in [2.24, 2.45) is 11.8 Å². The number of nitrogens with two attached hydrogens (primary N) is 2. The third-order valence-electron chi connectivity index (χ3n) is 8.50. The Morgan fingerprint density at radius 2 is 1.10 bits per heavy atom. The van der Waals surface area contributed by atoms with Gasteiger partial charge in [-0.25, -0.2) is 9.97 Å². The average molecular weight is 677 g/mol. The Balaban J connectivity index is 0.000000143. The van der Waals surface area contributed by atoms with Gasteiger partial charge < -0.3 is 51.7 Å². The summed E-state index contributed by atoms with van der Waals surface area (Å²) in [5, 5.41) is 40.6. The number of nitrogens with one attached hydrogen (secondary N) is 2. The predicted octanol–water partition coefficient (Wildman–Crippen LogP) is 1.73. The van der Waals surface area contributed by atoms with Gasteiger partial charge in [0.25, 0.3) is 0 Å². The van der Waals surface area contributed by atoms with Crippen LogP contribution >= 0.6 is 0 Å². The van der Waals surface area contributed by atoms with E-state index in [9.17, 15) is 19.8 Å². The molecule has 0 saturated heterocycles. The van der Waals surface area contributed by atoms with Crippen molar-refractivity contribution in [3.05, 3.63) is 37.0 Å². The van der Waals surface area contributed by atoms with Crippen LogP contribution in [0.5, 0.6) is 0 Å². The van der Waals surface area contributed by atoms with Gasteiger partial charge in [0, 0.05) is 37.1 Å². The zero-order valence-electron chi connectivity index (χ0n) is 26.6. The van der Waals surface area contributed by atoms with Crippen LogP contribution in [0.2, 0.25) is 0 Å². The van der Waals surface area contributed by atoms with E-state index in [-0.39, 0.29) is 49.0 Å². The maximum Gasteiger partial charge on any atom is 0.314 e. The van der Waals surface area contributed by atoms with Crippen molar-refractivity contribution in [2.45, 2.75) is 69.1 Å². The maximum absolute atomic E-state index is 9.43. The van der Waals surface area contributed by atoms with Gasteiger partial charge in [0.15, 0.2) is 34.0 Å². The molecule has 4 aromatic rings. The molecule has 0 radical (unpaired) electrons. The summed E-state index contributed by atoms with van der Waals surface area (Å²) in [4.78, 5) is 45.0. The summed E-state index contributed by atoms with van der Waals surface area (Å²) in [6.07, 6.45) is 17.4. The fourth-order valence-electron chi connectivity index (χ4n) is 5.71. The zero-order chi connectivity index (χ0) is 34.7. The molecule has 4 aliphatic rings. The number of carboxylic acid groups (broad SMARTS) is 2. The first-order valence-corrected chi connectivity index (χ1v) is 16.2. The molecular formula is C31H40N12O6. The van der Waals surface area contributed by atoms with Crippen LogP contribution < -0.4 is 22.1 Å².